The molecule has 0 fully saturated rings. The Hall–Kier alpha value is -2.04. The van der Waals surface area contributed by atoms with Gasteiger partial charge in [0.25, 0.3) is 5.91 Å². The highest BCUT2D eigenvalue weighted by atomic mass is 35.5. The molecule has 114 valence electrons. The Balaban J connectivity index is 1.94. The van der Waals surface area contributed by atoms with E-state index >= 15 is 0 Å². The van der Waals surface area contributed by atoms with Gasteiger partial charge in [0.05, 0.1) is 10.0 Å². The highest BCUT2D eigenvalue weighted by molar-refractivity contribution is 6.42. The first-order valence-electron chi connectivity index (χ1n) is 6.44. The van der Waals surface area contributed by atoms with E-state index in [1.54, 1.807) is 36.4 Å². The van der Waals surface area contributed by atoms with Gasteiger partial charge in [-0.25, -0.2) is 0 Å². The largest absolute Gasteiger partial charge is 0.484 e. The first-order valence-corrected chi connectivity index (χ1v) is 7.20. The van der Waals surface area contributed by atoms with Crippen LogP contribution in [0, 0.1) is 0 Å². The molecule has 0 aliphatic rings. The number of halogens is 2. The van der Waals surface area contributed by atoms with Crippen molar-refractivity contribution in [1.29, 1.82) is 0 Å². The second-order valence-electron chi connectivity index (χ2n) is 4.55. The summed E-state index contributed by atoms with van der Waals surface area (Å²) >= 11 is 11.7. The Bertz CT molecular complexity index is 716. The average Bonchev–Trinajstić information content (AvgIpc) is 2.49. The van der Waals surface area contributed by atoms with Gasteiger partial charge in [-0.1, -0.05) is 35.3 Å². The fourth-order valence-electron chi connectivity index (χ4n) is 1.73. The van der Waals surface area contributed by atoms with E-state index in [9.17, 15) is 9.59 Å². The molecule has 0 aliphatic heterocycles. The third kappa shape index (κ3) is 4.48. The quantitative estimate of drug-likeness (QED) is 0.831. The van der Waals surface area contributed by atoms with E-state index in [1.807, 2.05) is 0 Å². The molecule has 2 aromatic rings. The summed E-state index contributed by atoms with van der Waals surface area (Å²) in [6.45, 7) is 1.29. The van der Waals surface area contributed by atoms with Crippen molar-refractivity contribution in [2.24, 2.45) is 0 Å². The zero-order valence-corrected chi connectivity index (χ0v) is 13.2. The lowest BCUT2D eigenvalue weighted by molar-refractivity contribution is -0.118. The van der Waals surface area contributed by atoms with E-state index in [0.29, 0.717) is 27.0 Å². The van der Waals surface area contributed by atoms with Crippen LogP contribution in [0.3, 0.4) is 0 Å². The standard InChI is InChI=1S/C16H13Cl2NO3/c1-10(20)11-3-2-4-12(7-11)19-16(21)9-22-13-5-6-14(17)15(18)8-13/h2-8H,9H2,1H3,(H,19,21). The maximum atomic E-state index is 11.8. The van der Waals surface area contributed by atoms with Crippen molar-refractivity contribution in [3.8, 4) is 5.75 Å². The summed E-state index contributed by atoms with van der Waals surface area (Å²) in [6, 6.07) is 11.4. The van der Waals surface area contributed by atoms with E-state index in [0.717, 1.165) is 0 Å². The Kier molecular flexibility index (Phi) is 5.41. The summed E-state index contributed by atoms with van der Waals surface area (Å²) < 4.78 is 5.33. The second kappa shape index (κ2) is 7.29. The highest BCUT2D eigenvalue weighted by Crippen LogP contribution is 2.26. The molecule has 0 bridgehead atoms. The maximum absolute atomic E-state index is 11.8. The van der Waals surface area contributed by atoms with Crippen LogP contribution in [-0.4, -0.2) is 18.3 Å². The van der Waals surface area contributed by atoms with Crippen molar-refractivity contribution in [2.45, 2.75) is 6.92 Å². The number of Topliss-reactive ketones (excluding diaryl/α,β-unsaturated/α-hetero) is 1. The van der Waals surface area contributed by atoms with Crippen LogP contribution in [0.1, 0.15) is 17.3 Å². The van der Waals surface area contributed by atoms with Crippen LogP contribution < -0.4 is 10.1 Å². The Morgan fingerprint density at radius 3 is 2.55 bits per heavy atom. The average molecular weight is 338 g/mol. The molecule has 0 spiro atoms. The minimum Gasteiger partial charge on any atom is -0.484 e. The van der Waals surface area contributed by atoms with Crippen molar-refractivity contribution in [3.05, 3.63) is 58.1 Å². The van der Waals surface area contributed by atoms with Crippen LogP contribution in [0.5, 0.6) is 5.75 Å². The molecule has 0 aliphatic carbocycles. The van der Waals surface area contributed by atoms with Crippen LogP contribution in [0.4, 0.5) is 5.69 Å². The summed E-state index contributed by atoms with van der Waals surface area (Å²) in [5.41, 5.74) is 1.07. The van der Waals surface area contributed by atoms with Crippen molar-refractivity contribution < 1.29 is 14.3 Å². The summed E-state index contributed by atoms with van der Waals surface area (Å²) in [6.07, 6.45) is 0. The molecule has 0 unspecified atom stereocenters. The maximum Gasteiger partial charge on any atom is 0.262 e. The zero-order valence-electron chi connectivity index (χ0n) is 11.7. The number of ether oxygens (including phenoxy) is 1. The van der Waals surface area contributed by atoms with E-state index in [-0.39, 0.29) is 18.3 Å². The van der Waals surface area contributed by atoms with Crippen LogP contribution in [0.15, 0.2) is 42.5 Å². The van der Waals surface area contributed by atoms with Gasteiger partial charge in [-0.15, -0.1) is 0 Å². The number of anilines is 1. The molecule has 2 rings (SSSR count). The molecule has 1 N–H and O–H groups in total. The molecule has 0 atom stereocenters. The molecular formula is C16H13Cl2NO3. The number of ketones is 1. The van der Waals surface area contributed by atoms with Gasteiger partial charge < -0.3 is 10.1 Å². The van der Waals surface area contributed by atoms with Crippen molar-refractivity contribution >= 4 is 40.6 Å². The Morgan fingerprint density at radius 1 is 1.09 bits per heavy atom. The lowest BCUT2D eigenvalue weighted by Gasteiger charge is -2.09. The van der Waals surface area contributed by atoms with E-state index in [4.69, 9.17) is 27.9 Å². The molecule has 4 nitrogen and oxygen atoms in total. The first-order chi connectivity index (χ1) is 10.5. The summed E-state index contributed by atoms with van der Waals surface area (Å²) in [4.78, 5) is 23.1. The molecule has 0 radical (unpaired) electrons. The second-order valence-corrected chi connectivity index (χ2v) is 5.36. The van der Waals surface area contributed by atoms with Gasteiger partial charge in [0.1, 0.15) is 5.75 Å². The topological polar surface area (TPSA) is 55.4 Å². The fourth-order valence-corrected chi connectivity index (χ4v) is 2.02. The third-order valence-corrected chi connectivity index (χ3v) is 3.55. The van der Waals surface area contributed by atoms with Crippen LogP contribution >= 0.6 is 23.2 Å². The van der Waals surface area contributed by atoms with Crippen LogP contribution in [0.2, 0.25) is 10.0 Å². The van der Waals surface area contributed by atoms with Gasteiger partial charge in [-0.3, -0.25) is 9.59 Å². The number of carbonyl (C=O) groups is 2. The van der Waals surface area contributed by atoms with E-state index < -0.39 is 0 Å². The Morgan fingerprint density at radius 2 is 1.86 bits per heavy atom. The number of hydrogen-bond acceptors (Lipinski definition) is 3. The SMILES string of the molecule is CC(=O)c1cccc(NC(=O)COc2ccc(Cl)c(Cl)c2)c1. The Labute approximate surface area is 138 Å². The lowest BCUT2D eigenvalue weighted by Crippen LogP contribution is -2.20. The monoisotopic (exact) mass is 337 g/mol. The van der Waals surface area contributed by atoms with Gasteiger partial charge in [0.2, 0.25) is 0 Å². The number of nitrogens with one attached hydrogen (secondary N) is 1. The molecular weight excluding hydrogens is 325 g/mol. The van der Waals surface area contributed by atoms with Crippen LogP contribution in [0.25, 0.3) is 0 Å². The third-order valence-electron chi connectivity index (χ3n) is 2.81. The fraction of sp³-hybridized carbons (Fsp3) is 0.125. The van der Waals surface area contributed by atoms with E-state index in [2.05, 4.69) is 5.32 Å². The van der Waals surface area contributed by atoms with Crippen LogP contribution in [-0.2, 0) is 4.79 Å². The van der Waals surface area contributed by atoms with Gasteiger partial charge in [-0.2, -0.15) is 0 Å². The number of hydrogen-bond donors (Lipinski definition) is 1. The first kappa shape index (κ1) is 16.3. The number of benzene rings is 2. The summed E-state index contributed by atoms with van der Waals surface area (Å²) in [5, 5.41) is 3.43. The molecule has 2 aromatic carbocycles. The van der Waals surface area contributed by atoms with Crippen molar-refractivity contribution in [2.75, 3.05) is 11.9 Å². The van der Waals surface area contributed by atoms with Gasteiger partial charge in [0, 0.05) is 17.3 Å². The highest BCUT2D eigenvalue weighted by Gasteiger charge is 2.07. The molecule has 0 aromatic heterocycles. The molecule has 6 heteroatoms. The van der Waals surface area contributed by atoms with Gasteiger partial charge in [-0.05, 0) is 31.2 Å². The van der Waals surface area contributed by atoms with Gasteiger partial charge in [0.15, 0.2) is 12.4 Å². The molecule has 22 heavy (non-hydrogen) atoms. The summed E-state index contributed by atoms with van der Waals surface area (Å²) in [5.74, 6) is 0.0389. The minimum atomic E-state index is -0.341. The lowest BCUT2D eigenvalue weighted by atomic mass is 10.1. The summed E-state index contributed by atoms with van der Waals surface area (Å²) in [7, 11) is 0. The predicted octanol–water partition coefficient (Wildman–Crippen LogP) is 4.21. The molecule has 0 heterocycles. The number of amides is 1. The van der Waals surface area contributed by atoms with Gasteiger partial charge >= 0.3 is 0 Å². The zero-order chi connectivity index (χ0) is 16.1. The molecule has 1 amide bonds. The predicted molar refractivity (Wildman–Crippen MR) is 87.0 cm³/mol. The molecule has 0 saturated heterocycles. The normalized spacial score (nSPS) is 10.1. The number of rotatable bonds is 5. The van der Waals surface area contributed by atoms with Crippen molar-refractivity contribution in [1.82, 2.24) is 0 Å². The number of carbonyl (C=O) groups excluding carboxylic acids is 2. The van der Waals surface area contributed by atoms with Crippen molar-refractivity contribution in [3.63, 3.8) is 0 Å². The molecule has 0 saturated carbocycles. The van der Waals surface area contributed by atoms with E-state index in [1.165, 1.54) is 13.0 Å². The minimum absolute atomic E-state index is 0.0665. The smallest absolute Gasteiger partial charge is 0.262 e.